The summed E-state index contributed by atoms with van der Waals surface area (Å²) in [6.45, 7) is 3.93. The fourth-order valence-electron chi connectivity index (χ4n) is 5.67. The maximum atomic E-state index is 10.0. The summed E-state index contributed by atoms with van der Waals surface area (Å²) in [4.78, 5) is 7.11. The van der Waals surface area contributed by atoms with Crippen LogP contribution in [0.2, 0.25) is 10.0 Å². The number of aliphatic hydroxyl groups is 1. The molecule has 1 saturated heterocycles. The Kier molecular flexibility index (Phi) is 5.41. The molecule has 2 fully saturated rings. The van der Waals surface area contributed by atoms with Crippen molar-refractivity contribution in [1.82, 2.24) is 9.38 Å². The number of aryl methyl sites for hydroxylation is 1. The van der Waals surface area contributed by atoms with Gasteiger partial charge in [-0.3, -0.25) is 4.40 Å². The van der Waals surface area contributed by atoms with Gasteiger partial charge in [0, 0.05) is 30.3 Å². The molecule has 0 amide bonds. The van der Waals surface area contributed by atoms with E-state index in [2.05, 4.69) is 22.3 Å². The number of pyridine rings is 1. The minimum atomic E-state index is -0.0808. The van der Waals surface area contributed by atoms with Crippen LogP contribution in [-0.4, -0.2) is 33.6 Å². The Labute approximate surface area is 192 Å². The van der Waals surface area contributed by atoms with Gasteiger partial charge in [-0.25, -0.2) is 4.98 Å². The van der Waals surface area contributed by atoms with E-state index in [4.69, 9.17) is 33.9 Å². The minimum Gasteiger partial charge on any atom is -0.390 e. The maximum absolute atomic E-state index is 10.0. The smallest absolute Gasteiger partial charge is 0.146 e. The van der Waals surface area contributed by atoms with Crippen LogP contribution in [0.4, 0.5) is 5.82 Å². The quantitative estimate of drug-likeness (QED) is 0.565. The topological polar surface area (TPSA) is 66.8 Å². The molecule has 3 N–H and O–H groups in total. The first-order chi connectivity index (χ1) is 14.9. The van der Waals surface area contributed by atoms with Crippen LogP contribution in [0.3, 0.4) is 0 Å². The largest absolute Gasteiger partial charge is 0.390 e. The van der Waals surface area contributed by atoms with Crippen molar-refractivity contribution < 1.29 is 5.11 Å². The van der Waals surface area contributed by atoms with Gasteiger partial charge in [0.05, 0.1) is 28.5 Å². The zero-order valence-electron chi connectivity index (χ0n) is 17.7. The van der Waals surface area contributed by atoms with Crippen molar-refractivity contribution in [2.45, 2.75) is 51.7 Å². The number of rotatable bonds is 3. The predicted molar refractivity (Wildman–Crippen MR) is 127 cm³/mol. The molecular formula is C24H28Cl2N4O. The Hall–Kier alpha value is -1.79. The molecule has 1 atom stereocenters. The van der Waals surface area contributed by atoms with E-state index in [0.717, 1.165) is 66.2 Å². The summed E-state index contributed by atoms with van der Waals surface area (Å²) in [5, 5.41) is 11.1. The lowest BCUT2D eigenvalue weighted by Gasteiger charge is -2.43. The molecule has 7 heteroatoms. The van der Waals surface area contributed by atoms with Crippen molar-refractivity contribution in [3.8, 4) is 11.1 Å². The fraction of sp³-hybridized carbons (Fsp3) is 0.458. The number of nitrogens with two attached hydrogens (primary N) is 1. The van der Waals surface area contributed by atoms with Crippen LogP contribution >= 0.6 is 23.2 Å². The van der Waals surface area contributed by atoms with Crippen LogP contribution in [-0.2, 0) is 6.61 Å². The summed E-state index contributed by atoms with van der Waals surface area (Å²) < 4.78 is 2.08. The lowest BCUT2D eigenvalue weighted by atomic mass is 9.74. The zero-order valence-corrected chi connectivity index (χ0v) is 19.3. The maximum Gasteiger partial charge on any atom is 0.146 e. The number of benzene rings is 1. The van der Waals surface area contributed by atoms with Crippen molar-refractivity contribution in [1.29, 1.82) is 0 Å². The standard InChI is InChI=1S/C24H28Cl2N4O/c1-15-12-20(29-10-8-24(9-11-29)7-3-6-19(24)27)30-16(14-31)13-28-23(30)21(15)17-4-2-5-18(25)22(17)26/h2,4-5,12-13,19,31H,3,6-11,14,27H2,1H3. The van der Waals surface area contributed by atoms with E-state index < -0.39 is 0 Å². The Balaban J connectivity index is 1.61. The molecule has 5 rings (SSSR count). The van der Waals surface area contributed by atoms with E-state index >= 15 is 0 Å². The van der Waals surface area contributed by atoms with Gasteiger partial charge in [0.1, 0.15) is 11.5 Å². The van der Waals surface area contributed by atoms with Gasteiger partial charge < -0.3 is 15.7 Å². The summed E-state index contributed by atoms with van der Waals surface area (Å²) in [6, 6.07) is 8.17. The second-order valence-corrected chi connectivity index (χ2v) is 9.86. The van der Waals surface area contributed by atoms with Gasteiger partial charge in [0.25, 0.3) is 0 Å². The lowest BCUT2D eigenvalue weighted by Crippen LogP contribution is -2.47. The molecule has 2 aromatic heterocycles. The molecule has 1 unspecified atom stereocenters. The van der Waals surface area contributed by atoms with Crippen LogP contribution in [0.1, 0.15) is 43.4 Å². The first-order valence-corrected chi connectivity index (χ1v) is 11.8. The molecule has 164 valence electrons. The van der Waals surface area contributed by atoms with Crippen molar-refractivity contribution in [2.24, 2.45) is 11.1 Å². The van der Waals surface area contributed by atoms with Gasteiger partial charge in [-0.1, -0.05) is 41.8 Å². The van der Waals surface area contributed by atoms with Crippen LogP contribution in [0.5, 0.6) is 0 Å². The molecule has 1 saturated carbocycles. The second-order valence-electron chi connectivity index (χ2n) is 9.08. The Morgan fingerprint density at radius 2 is 2.00 bits per heavy atom. The SMILES string of the molecule is Cc1cc(N2CCC3(CCCC3N)CC2)n2c(CO)cnc2c1-c1cccc(Cl)c1Cl. The van der Waals surface area contributed by atoms with Crippen LogP contribution in [0.25, 0.3) is 16.8 Å². The summed E-state index contributed by atoms with van der Waals surface area (Å²) in [5.41, 5.74) is 11.2. The van der Waals surface area contributed by atoms with Crippen molar-refractivity contribution in [3.05, 3.63) is 51.8 Å². The van der Waals surface area contributed by atoms with Crippen molar-refractivity contribution >= 4 is 34.7 Å². The number of aromatic nitrogens is 2. The number of hydrogen-bond donors (Lipinski definition) is 2. The Morgan fingerprint density at radius 3 is 2.68 bits per heavy atom. The summed E-state index contributed by atoms with van der Waals surface area (Å²) in [5.74, 6) is 1.07. The number of aliphatic hydroxyl groups excluding tert-OH is 1. The molecular weight excluding hydrogens is 431 g/mol. The number of hydrogen-bond acceptors (Lipinski definition) is 4. The number of piperidine rings is 1. The van der Waals surface area contributed by atoms with E-state index in [1.54, 1.807) is 12.3 Å². The van der Waals surface area contributed by atoms with Gasteiger partial charge in [-0.2, -0.15) is 0 Å². The third-order valence-electron chi connectivity index (χ3n) is 7.47. The molecule has 3 heterocycles. The Bertz CT molecular complexity index is 1130. The summed E-state index contributed by atoms with van der Waals surface area (Å²) in [6.07, 6.45) is 7.61. The molecule has 0 bridgehead atoms. The van der Waals surface area contributed by atoms with Gasteiger partial charge in [0.2, 0.25) is 0 Å². The van der Waals surface area contributed by atoms with E-state index in [-0.39, 0.29) is 6.61 Å². The third-order valence-corrected chi connectivity index (χ3v) is 8.29. The highest BCUT2D eigenvalue weighted by atomic mass is 35.5. The highest BCUT2D eigenvalue weighted by molar-refractivity contribution is 6.43. The number of halogens is 2. The Morgan fingerprint density at radius 1 is 1.23 bits per heavy atom. The zero-order chi connectivity index (χ0) is 21.8. The highest BCUT2D eigenvalue weighted by Crippen LogP contribution is 2.46. The normalized spacial score (nSPS) is 20.8. The monoisotopic (exact) mass is 458 g/mol. The van der Waals surface area contributed by atoms with Crippen LogP contribution in [0.15, 0.2) is 30.5 Å². The molecule has 1 aliphatic heterocycles. The average molecular weight is 459 g/mol. The predicted octanol–water partition coefficient (Wildman–Crippen LogP) is 5.21. The van der Waals surface area contributed by atoms with Gasteiger partial charge in [-0.15, -0.1) is 0 Å². The fourth-order valence-corrected chi connectivity index (χ4v) is 6.06. The minimum absolute atomic E-state index is 0.0808. The molecule has 1 spiro atoms. The average Bonchev–Trinajstić information content (AvgIpc) is 3.35. The first kappa shape index (κ1) is 21.1. The molecule has 2 aliphatic rings. The van der Waals surface area contributed by atoms with Gasteiger partial charge in [0.15, 0.2) is 0 Å². The van der Waals surface area contributed by atoms with Gasteiger partial charge in [-0.05, 0) is 55.7 Å². The molecule has 5 nitrogen and oxygen atoms in total. The molecule has 3 aromatic rings. The molecule has 1 aliphatic carbocycles. The number of fused-ring (bicyclic) bond motifs is 1. The highest BCUT2D eigenvalue weighted by Gasteiger charge is 2.43. The second kappa shape index (κ2) is 7.96. The van der Waals surface area contributed by atoms with E-state index in [1.807, 2.05) is 12.1 Å². The van der Waals surface area contributed by atoms with E-state index in [9.17, 15) is 5.11 Å². The number of nitrogens with zero attached hydrogens (tertiary/aromatic N) is 3. The molecule has 0 radical (unpaired) electrons. The van der Waals surface area contributed by atoms with Crippen molar-refractivity contribution in [3.63, 3.8) is 0 Å². The number of imidazole rings is 1. The summed E-state index contributed by atoms with van der Waals surface area (Å²) >= 11 is 12.9. The lowest BCUT2D eigenvalue weighted by molar-refractivity contribution is 0.197. The number of anilines is 1. The van der Waals surface area contributed by atoms with E-state index in [0.29, 0.717) is 21.5 Å². The van der Waals surface area contributed by atoms with Crippen LogP contribution in [0, 0.1) is 12.3 Å². The van der Waals surface area contributed by atoms with Gasteiger partial charge >= 0.3 is 0 Å². The molecule has 1 aromatic carbocycles. The van der Waals surface area contributed by atoms with Crippen molar-refractivity contribution in [2.75, 3.05) is 18.0 Å². The summed E-state index contributed by atoms with van der Waals surface area (Å²) in [7, 11) is 0. The first-order valence-electron chi connectivity index (χ1n) is 11.0. The molecule has 31 heavy (non-hydrogen) atoms. The third kappa shape index (κ3) is 3.34. The van der Waals surface area contributed by atoms with Crippen LogP contribution < -0.4 is 10.6 Å². The van der Waals surface area contributed by atoms with E-state index in [1.165, 1.54) is 12.8 Å².